The first-order valence-electron chi connectivity index (χ1n) is 9.50. The van der Waals surface area contributed by atoms with Crippen LogP contribution in [-0.2, 0) is 9.59 Å². The van der Waals surface area contributed by atoms with E-state index in [0.29, 0.717) is 17.5 Å². The second kappa shape index (κ2) is 10.2. The SMILES string of the molecule is CC[C@@H](C)[C@H](NC(=O)/C(=C\c1ccccc1)NC(=O)c1ccc(C)cc1)C(=O)O. The van der Waals surface area contributed by atoms with E-state index in [1.165, 1.54) is 6.08 Å². The van der Waals surface area contributed by atoms with Gasteiger partial charge < -0.3 is 15.7 Å². The summed E-state index contributed by atoms with van der Waals surface area (Å²) in [6.45, 7) is 5.52. The molecule has 2 amide bonds. The minimum atomic E-state index is -1.11. The third kappa shape index (κ3) is 6.31. The van der Waals surface area contributed by atoms with Crippen LogP contribution in [0.5, 0.6) is 0 Å². The molecule has 2 aromatic carbocycles. The van der Waals surface area contributed by atoms with Crippen LogP contribution in [0.15, 0.2) is 60.3 Å². The number of benzene rings is 2. The molecule has 2 atom stereocenters. The molecule has 0 heterocycles. The molecule has 3 N–H and O–H groups in total. The largest absolute Gasteiger partial charge is 0.480 e. The molecule has 2 rings (SSSR count). The summed E-state index contributed by atoms with van der Waals surface area (Å²) in [6.07, 6.45) is 2.11. The maximum absolute atomic E-state index is 12.8. The lowest BCUT2D eigenvalue weighted by Crippen LogP contribution is -2.47. The van der Waals surface area contributed by atoms with Crippen LogP contribution >= 0.6 is 0 Å². The van der Waals surface area contributed by atoms with E-state index in [0.717, 1.165) is 5.56 Å². The van der Waals surface area contributed by atoms with Crippen molar-refractivity contribution in [2.45, 2.75) is 33.2 Å². The normalized spacial score (nSPS) is 13.3. The topological polar surface area (TPSA) is 95.5 Å². The van der Waals surface area contributed by atoms with E-state index in [2.05, 4.69) is 10.6 Å². The summed E-state index contributed by atoms with van der Waals surface area (Å²) < 4.78 is 0. The van der Waals surface area contributed by atoms with E-state index < -0.39 is 23.8 Å². The summed E-state index contributed by atoms with van der Waals surface area (Å²) in [7, 11) is 0. The number of aliphatic carboxylic acids is 1. The van der Waals surface area contributed by atoms with Crippen molar-refractivity contribution in [3.05, 3.63) is 77.0 Å². The third-order valence-corrected chi connectivity index (χ3v) is 4.68. The lowest BCUT2D eigenvalue weighted by Gasteiger charge is -2.21. The van der Waals surface area contributed by atoms with Crippen molar-refractivity contribution in [3.63, 3.8) is 0 Å². The minimum Gasteiger partial charge on any atom is -0.480 e. The van der Waals surface area contributed by atoms with Crippen molar-refractivity contribution in [2.24, 2.45) is 5.92 Å². The fourth-order valence-electron chi connectivity index (χ4n) is 2.68. The third-order valence-electron chi connectivity index (χ3n) is 4.68. The second-order valence-corrected chi connectivity index (χ2v) is 6.96. The van der Waals surface area contributed by atoms with Gasteiger partial charge in [-0.3, -0.25) is 9.59 Å². The van der Waals surface area contributed by atoms with Crippen molar-refractivity contribution in [1.29, 1.82) is 0 Å². The molecule has 29 heavy (non-hydrogen) atoms. The van der Waals surface area contributed by atoms with Gasteiger partial charge in [0.2, 0.25) is 0 Å². The van der Waals surface area contributed by atoms with Crippen LogP contribution in [0.4, 0.5) is 0 Å². The molecule has 0 spiro atoms. The lowest BCUT2D eigenvalue weighted by atomic mass is 9.99. The van der Waals surface area contributed by atoms with Crippen LogP contribution in [0.3, 0.4) is 0 Å². The number of nitrogens with one attached hydrogen (secondary N) is 2. The van der Waals surface area contributed by atoms with Crippen molar-refractivity contribution >= 4 is 23.9 Å². The molecule has 0 bridgehead atoms. The highest BCUT2D eigenvalue weighted by molar-refractivity contribution is 6.06. The summed E-state index contributed by atoms with van der Waals surface area (Å²) in [5.74, 6) is -2.47. The first-order chi connectivity index (χ1) is 13.8. The van der Waals surface area contributed by atoms with Gasteiger partial charge in [0.05, 0.1) is 0 Å². The number of hydrogen-bond acceptors (Lipinski definition) is 3. The summed E-state index contributed by atoms with van der Waals surface area (Å²) in [4.78, 5) is 37.0. The molecule has 0 fully saturated rings. The molecule has 152 valence electrons. The Bertz CT molecular complexity index is 889. The van der Waals surface area contributed by atoms with Gasteiger partial charge >= 0.3 is 5.97 Å². The van der Waals surface area contributed by atoms with Gasteiger partial charge in [-0.15, -0.1) is 0 Å². The van der Waals surface area contributed by atoms with E-state index in [4.69, 9.17) is 0 Å². The van der Waals surface area contributed by atoms with Crippen LogP contribution in [0.1, 0.15) is 41.8 Å². The Hall–Kier alpha value is -3.41. The number of aryl methyl sites for hydroxylation is 1. The lowest BCUT2D eigenvalue weighted by molar-refractivity contribution is -0.142. The van der Waals surface area contributed by atoms with E-state index in [9.17, 15) is 19.5 Å². The Morgan fingerprint density at radius 2 is 1.66 bits per heavy atom. The molecule has 0 saturated heterocycles. The molecule has 0 unspecified atom stereocenters. The van der Waals surface area contributed by atoms with Crippen LogP contribution < -0.4 is 10.6 Å². The Morgan fingerprint density at radius 1 is 1.03 bits per heavy atom. The zero-order chi connectivity index (χ0) is 21.4. The highest BCUT2D eigenvalue weighted by Gasteiger charge is 2.27. The van der Waals surface area contributed by atoms with Crippen molar-refractivity contribution in [2.75, 3.05) is 0 Å². The van der Waals surface area contributed by atoms with E-state index in [-0.39, 0.29) is 11.6 Å². The summed E-state index contributed by atoms with van der Waals surface area (Å²) in [5, 5.41) is 14.6. The van der Waals surface area contributed by atoms with Gasteiger partial charge in [0.25, 0.3) is 11.8 Å². The number of hydrogen-bond donors (Lipinski definition) is 3. The first-order valence-corrected chi connectivity index (χ1v) is 9.50. The number of carbonyl (C=O) groups excluding carboxylic acids is 2. The first kappa shape index (κ1) is 21.9. The van der Waals surface area contributed by atoms with E-state index in [1.807, 2.05) is 32.0 Å². The molecular weight excluding hydrogens is 368 g/mol. The fourth-order valence-corrected chi connectivity index (χ4v) is 2.68. The van der Waals surface area contributed by atoms with Crippen molar-refractivity contribution in [3.8, 4) is 0 Å². The molecule has 2 aromatic rings. The zero-order valence-electron chi connectivity index (χ0n) is 16.8. The van der Waals surface area contributed by atoms with E-state index >= 15 is 0 Å². The van der Waals surface area contributed by atoms with Gasteiger partial charge in [0.1, 0.15) is 11.7 Å². The number of carboxylic acids is 1. The fraction of sp³-hybridized carbons (Fsp3) is 0.261. The Labute approximate surface area is 170 Å². The van der Waals surface area contributed by atoms with Crippen molar-refractivity contribution in [1.82, 2.24) is 10.6 Å². The van der Waals surface area contributed by atoms with Crippen molar-refractivity contribution < 1.29 is 19.5 Å². The summed E-state index contributed by atoms with van der Waals surface area (Å²) >= 11 is 0. The maximum Gasteiger partial charge on any atom is 0.326 e. The predicted molar refractivity (Wildman–Crippen MR) is 112 cm³/mol. The second-order valence-electron chi connectivity index (χ2n) is 6.96. The average molecular weight is 394 g/mol. The quantitative estimate of drug-likeness (QED) is 0.598. The number of carbonyl (C=O) groups is 3. The van der Waals surface area contributed by atoms with Gasteiger partial charge in [-0.25, -0.2) is 4.79 Å². The smallest absolute Gasteiger partial charge is 0.326 e. The highest BCUT2D eigenvalue weighted by Crippen LogP contribution is 2.11. The molecule has 0 aromatic heterocycles. The predicted octanol–water partition coefficient (Wildman–Crippen LogP) is 3.38. The molecule has 0 aliphatic carbocycles. The summed E-state index contributed by atoms with van der Waals surface area (Å²) in [5.41, 5.74) is 2.10. The van der Waals surface area contributed by atoms with Gasteiger partial charge in [-0.1, -0.05) is 68.3 Å². The van der Waals surface area contributed by atoms with Gasteiger partial charge in [-0.2, -0.15) is 0 Å². The minimum absolute atomic E-state index is 0.0173. The molecular formula is C23H26N2O4. The Balaban J connectivity index is 2.30. The van der Waals surface area contributed by atoms with Crippen LogP contribution in [-0.4, -0.2) is 28.9 Å². The van der Waals surface area contributed by atoms with Crippen LogP contribution in [0, 0.1) is 12.8 Å². The number of rotatable bonds is 8. The Kier molecular flexibility index (Phi) is 7.71. The van der Waals surface area contributed by atoms with Gasteiger partial charge in [0, 0.05) is 5.56 Å². The molecule has 6 nitrogen and oxygen atoms in total. The highest BCUT2D eigenvalue weighted by atomic mass is 16.4. The van der Waals surface area contributed by atoms with Gasteiger partial charge in [-0.05, 0) is 36.6 Å². The Morgan fingerprint density at radius 3 is 2.21 bits per heavy atom. The molecule has 0 aliphatic rings. The zero-order valence-corrected chi connectivity index (χ0v) is 16.8. The monoisotopic (exact) mass is 394 g/mol. The summed E-state index contributed by atoms with van der Waals surface area (Å²) in [6, 6.07) is 14.9. The molecule has 6 heteroatoms. The number of amides is 2. The maximum atomic E-state index is 12.8. The standard InChI is InChI=1S/C23H26N2O4/c1-4-16(3)20(23(28)29)25-22(27)19(14-17-8-6-5-7-9-17)24-21(26)18-12-10-15(2)11-13-18/h5-14,16,20H,4H2,1-3H3,(H,24,26)(H,25,27)(H,28,29)/b19-14+/t16-,20+/m1/s1. The number of carboxylic acid groups (broad SMARTS) is 1. The molecule has 0 radical (unpaired) electrons. The average Bonchev–Trinajstić information content (AvgIpc) is 2.71. The van der Waals surface area contributed by atoms with Gasteiger partial charge in [0.15, 0.2) is 0 Å². The van der Waals surface area contributed by atoms with E-state index in [1.54, 1.807) is 43.3 Å². The van der Waals surface area contributed by atoms with Crippen LogP contribution in [0.2, 0.25) is 0 Å². The molecule has 0 saturated carbocycles. The van der Waals surface area contributed by atoms with Crippen LogP contribution in [0.25, 0.3) is 6.08 Å². The molecule has 0 aliphatic heterocycles.